The van der Waals surface area contributed by atoms with Gasteiger partial charge in [-0.15, -0.1) is 35.3 Å². The van der Waals surface area contributed by atoms with Crippen molar-refractivity contribution in [1.82, 2.24) is 25.4 Å². The van der Waals surface area contributed by atoms with Crippen molar-refractivity contribution < 1.29 is 13.2 Å². The van der Waals surface area contributed by atoms with E-state index in [2.05, 4.69) is 25.7 Å². The Balaban J connectivity index is 0.00000312. The number of rotatable bonds is 6. The highest BCUT2D eigenvalue weighted by Gasteiger charge is 2.33. The van der Waals surface area contributed by atoms with E-state index in [1.165, 1.54) is 0 Å². The zero-order valence-electron chi connectivity index (χ0n) is 13.8. The predicted octanol–water partition coefficient (Wildman–Crippen LogP) is 2.69. The van der Waals surface area contributed by atoms with E-state index in [1.54, 1.807) is 13.2 Å². The number of hydrogen-bond acceptors (Lipinski definition) is 4. The summed E-state index contributed by atoms with van der Waals surface area (Å²) in [7, 11) is 1.64. The van der Waals surface area contributed by atoms with Crippen molar-refractivity contribution in [1.29, 1.82) is 0 Å². The molecule has 2 aromatic rings. The van der Waals surface area contributed by atoms with Gasteiger partial charge in [0.25, 0.3) is 0 Å². The molecular formula is C14H20F3IN6S. The molecule has 2 heterocycles. The Bertz CT molecular complexity index is 682. The number of nitrogens with one attached hydrogen (secondary N) is 2. The van der Waals surface area contributed by atoms with Gasteiger partial charge in [-0.2, -0.15) is 18.3 Å². The maximum absolute atomic E-state index is 12.5. The molecule has 0 aromatic carbocycles. The standard InChI is InChI=1S/C14H19F3N6S.HI/c1-10-7-21-23(8-10)6-5-20-13(18-2)19-4-3-12-22-11(9-24-12)14(15,16)17;/h7-9H,3-6H2,1-2H3,(H2,18,19,20);1H. The number of alkyl halides is 3. The van der Waals surface area contributed by atoms with E-state index in [0.717, 1.165) is 22.3 Å². The van der Waals surface area contributed by atoms with E-state index < -0.39 is 11.9 Å². The highest BCUT2D eigenvalue weighted by molar-refractivity contribution is 14.0. The van der Waals surface area contributed by atoms with Crippen molar-refractivity contribution in [3.63, 3.8) is 0 Å². The molecule has 2 aromatic heterocycles. The molecule has 0 radical (unpaired) electrons. The van der Waals surface area contributed by atoms with Gasteiger partial charge in [-0.1, -0.05) is 0 Å². The minimum atomic E-state index is -4.38. The molecule has 0 amide bonds. The van der Waals surface area contributed by atoms with Crippen LogP contribution in [0.3, 0.4) is 0 Å². The van der Waals surface area contributed by atoms with E-state index in [4.69, 9.17) is 0 Å². The molecule has 0 spiro atoms. The molecule has 2 N–H and O–H groups in total. The van der Waals surface area contributed by atoms with Crippen LogP contribution in [-0.4, -0.2) is 40.9 Å². The fourth-order valence-electron chi connectivity index (χ4n) is 1.94. The number of aromatic nitrogens is 3. The fourth-order valence-corrected chi connectivity index (χ4v) is 2.75. The highest BCUT2D eigenvalue weighted by atomic mass is 127. The first-order valence-corrected chi connectivity index (χ1v) is 8.21. The summed E-state index contributed by atoms with van der Waals surface area (Å²) in [6, 6.07) is 0. The Kier molecular flexibility index (Phi) is 8.62. The summed E-state index contributed by atoms with van der Waals surface area (Å²) in [4.78, 5) is 7.66. The van der Waals surface area contributed by atoms with Gasteiger partial charge in [0.2, 0.25) is 0 Å². The summed E-state index contributed by atoms with van der Waals surface area (Å²) < 4.78 is 39.3. The van der Waals surface area contributed by atoms with E-state index in [1.807, 2.05) is 17.8 Å². The van der Waals surface area contributed by atoms with Gasteiger partial charge in [0.05, 0.1) is 17.7 Å². The smallest absolute Gasteiger partial charge is 0.356 e. The third kappa shape index (κ3) is 7.18. The Morgan fingerprint density at radius 2 is 2.04 bits per heavy atom. The third-order valence-electron chi connectivity index (χ3n) is 3.09. The van der Waals surface area contributed by atoms with Crippen molar-refractivity contribution in [2.75, 3.05) is 20.1 Å². The first-order chi connectivity index (χ1) is 11.4. The largest absolute Gasteiger partial charge is 0.434 e. The molecule has 0 saturated carbocycles. The quantitative estimate of drug-likeness (QED) is 0.373. The fraction of sp³-hybridized carbons (Fsp3) is 0.500. The Morgan fingerprint density at radius 3 is 2.60 bits per heavy atom. The van der Waals surface area contributed by atoms with Gasteiger partial charge >= 0.3 is 6.18 Å². The Morgan fingerprint density at radius 1 is 1.32 bits per heavy atom. The van der Waals surface area contributed by atoms with E-state index in [-0.39, 0.29) is 24.0 Å². The molecule has 140 valence electrons. The Labute approximate surface area is 165 Å². The van der Waals surface area contributed by atoms with Crippen LogP contribution in [0.5, 0.6) is 0 Å². The molecule has 0 saturated heterocycles. The second kappa shape index (κ2) is 9.94. The van der Waals surface area contributed by atoms with Gasteiger partial charge in [-0.3, -0.25) is 9.67 Å². The predicted molar refractivity (Wildman–Crippen MR) is 103 cm³/mol. The lowest BCUT2D eigenvalue weighted by Crippen LogP contribution is -2.39. The van der Waals surface area contributed by atoms with Crippen LogP contribution in [0.2, 0.25) is 0 Å². The normalized spacial score (nSPS) is 12.0. The molecule has 0 fully saturated rings. The van der Waals surface area contributed by atoms with E-state index in [9.17, 15) is 13.2 Å². The first-order valence-electron chi connectivity index (χ1n) is 7.33. The number of halogens is 4. The van der Waals surface area contributed by atoms with Crippen LogP contribution in [-0.2, 0) is 19.1 Å². The Hall–Kier alpha value is -1.37. The number of nitrogens with zero attached hydrogens (tertiary/aromatic N) is 4. The van der Waals surface area contributed by atoms with Gasteiger partial charge in [0.1, 0.15) is 0 Å². The van der Waals surface area contributed by atoms with Crippen molar-refractivity contribution >= 4 is 41.3 Å². The second-order valence-electron chi connectivity index (χ2n) is 5.08. The minimum absolute atomic E-state index is 0. The molecule has 0 aliphatic rings. The zero-order chi connectivity index (χ0) is 17.6. The minimum Gasteiger partial charge on any atom is -0.356 e. The summed E-state index contributed by atoms with van der Waals surface area (Å²) in [5.41, 5.74) is 0.263. The van der Waals surface area contributed by atoms with E-state index in [0.29, 0.717) is 37.0 Å². The molecule has 0 aliphatic carbocycles. The SMILES string of the molecule is CN=C(NCCc1nc(C(F)(F)F)cs1)NCCn1cc(C)cn1.I. The van der Waals surface area contributed by atoms with Crippen molar-refractivity contribution in [3.05, 3.63) is 34.0 Å². The summed E-state index contributed by atoms with van der Waals surface area (Å²) in [5, 5.41) is 11.8. The molecule has 25 heavy (non-hydrogen) atoms. The van der Waals surface area contributed by atoms with Crippen LogP contribution in [0.25, 0.3) is 0 Å². The lowest BCUT2D eigenvalue weighted by Gasteiger charge is -2.11. The number of thiazole rings is 1. The number of aliphatic imine (C=N–C) groups is 1. The topological polar surface area (TPSA) is 67.1 Å². The summed E-state index contributed by atoms with van der Waals surface area (Å²) in [5.74, 6) is 0.589. The summed E-state index contributed by atoms with van der Waals surface area (Å²) in [6.45, 7) is 3.75. The van der Waals surface area contributed by atoms with Crippen molar-refractivity contribution in [2.24, 2.45) is 4.99 Å². The number of hydrogen-bond donors (Lipinski definition) is 2. The maximum atomic E-state index is 12.5. The molecule has 0 aliphatic heterocycles. The van der Waals surface area contributed by atoms with Gasteiger partial charge in [0, 0.05) is 38.1 Å². The molecule has 2 rings (SSSR count). The van der Waals surface area contributed by atoms with Gasteiger partial charge in [-0.05, 0) is 12.5 Å². The summed E-state index contributed by atoms with van der Waals surface area (Å²) in [6.07, 6.45) is -0.251. The lowest BCUT2D eigenvalue weighted by molar-refractivity contribution is -0.140. The van der Waals surface area contributed by atoms with Crippen LogP contribution in [0, 0.1) is 6.92 Å². The van der Waals surface area contributed by atoms with Crippen LogP contribution in [0.4, 0.5) is 13.2 Å². The van der Waals surface area contributed by atoms with Crippen LogP contribution in [0.15, 0.2) is 22.8 Å². The van der Waals surface area contributed by atoms with Crippen molar-refractivity contribution in [2.45, 2.75) is 26.1 Å². The zero-order valence-corrected chi connectivity index (χ0v) is 16.9. The van der Waals surface area contributed by atoms with E-state index >= 15 is 0 Å². The molecule has 0 bridgehead atoms. The van der Waals surface area contributed by atoms with Gasteiger partial charge in [-0.25, -0.2) is 4.98 Å². The maximum Gasteiger partial charge on any atom is 0.434 e. The molecule has 0 atom stereocenters. The highest BCUT2D eigenvalue weighted by Crippen LogP contribution is 2.29. The molecule has 11 heteroatoms. The third-order valence-corrected chi connectivity index (χ3v) is 4.00. The van der Waals surface area contributed by atoms with Crippen LogP contribution in [0.1, 0.15) is 16.3 Å². The average Bonchev–Trinajstić information content (AvgIpc) is 3.14. The van der Waals surface area contributed by atoms with Gasteiger partial charge < -0.3 is 10.6 Å². The van der Waals surface area contributed by atoms with Gasteiger partial charge in [0.15, 0.2) is 11.7 Å². The summed E-state index contributed by atoms with van der Waals surface area (Å²) >= 11 is 1.01. The second-order valence-corrected chi connectivity index (χ2v) is 6.02. The molecular weight excluding hydrogens is 468 g/mol. The monoisotopic (exact) mass is 488 g/mol. The number of aryl methyl sites for hydroxylation is 1. The van der Waals surface area contributed by atoms with Crippen LogP contribution >= 0.6 is 35.3 Å². The molecule has 0 unspecified atom stereocenters. The average molecular weight is 488 g/mol. The number of guanidine groups is 1. The molecule has 6 nitrogen and oxygen atoms in total. The lowest BCUT2D eigenvalue weighted by atomic mass is 10.4. The first kappa shape index (κ1) is 21.7. The van der Waals surface area contributed by atoms with Crippen molar-refractivity contribution in [3.8, 4) is 0 Å². The van der Waals surface area contributed by atoms with Crippen LogP contribution < -0.4 is 10.6 Å².